The first kappa shape index (κ1) is 38.7. The van der Waals surface area contributed by atoms with Crippen molar-refractivity contribution in [2.45, 2.75) is 0 Å². The number of para-hydroxylation sites is 6. The highest BCUT2D eigenvalue weighted by Gasteiger charge is 2.22. The van der Waals surface area contributed by atoms with Crippen LogP contribution in [0.15, 0.2) is 255 Å². The molecular weight excluding hydrogens is 849 g/mol. The molecule has 0 radical (unpaired) electrons. The first-order valence-electron chi connectivity index (χ1n) is 24.1. The van der Waals surface area contributed by atoms with Gasteiger partial charge in [-0.1, -0.05) is 170 Å². The number of fused-ring (bicyclic) bond motifs is 12. The molecule has 326 valence electrons. The fourth-order valence-corrected chi connectivity index (χ4v) is 11.7. The smallest absolute Gasteiger partial charge is 0.0562 e. The van der Waals surface area contributed by atoms with Crippen LogP contribution in [-0.2, 0) is 0 Å². The predicted molar refractivity (Wildman–Crippen MR) is 295 cm³/mol. The lowest BCUT2D eigenvalue weighted by atomic mass is 10.0. The Labute approximate surface area is 403 Å². The van der Waals surface area contributed by atoms with E-state index in [2.05, 4.69) is 273 Å². The highest BCUT2D eigenvalue weighted by Crippen LogP contribution is 2.43. The van der Waals surface area contributed by atoms with Crippen LogP contribution in [0.3, 0.4) is 0 Å². The molecule has 0 bridgehead atoms. The van der Waals surface area contributed by atoms with Crippen molar-refractivity contribution in [3.8, 4) is 45.0 Å². The quantitative estimate of drug-likeness (QED) is 0.158. The van der Waals surface area contributed by atoms with E-state index in [9.17, 15) is 0 Å². The Morgan fingerprint density at radius 2 is 0.400 bits per heavy atom. The molecule has 4 nitrogen and oxygen atoms in total. The number of hydrogen-bond donors (Lipinski definition) is 0. The van der Waals surface area contributed by atoms with Gasteiger partial charge < -0.3 is 18.3 Å². The summed E-state index contributed by atoms with van der Waals surface area (Å²) in [6.45, 7) is 0. The zero-order chi connectivity index (χ0) is 45.9. The first-order chi connectivity index (χ1) is 34.7. The Kier molecular flexibility index (Phi) is 8.33. The van der Waals surface area contributed by atoms with Crippen LogP contribution in [0.5, 0.6) is 0 Å². The summed E-state index contributed by atoms with van der Waals surface area (Å²) in [6, 6.07) is 93.8. The molecule has 0 atom stereocenters. The standard InChI is InChI=1S/C66H42N4/c1-3-19-43(20-4-1)45-35-47(67-59-29-13-7-23-51(59)52-24-8-14-30-60(52)67)39-49(37-45)69-63-33-17-11-27-55(63)57-41-58-56-28-12-18-34-64(56)70(66(58)42-65(57)69)50-38-46(44-21-5-2-6-22-44)36-48(40-50)68-61-31-15-9-25-53(61)54-26-10-16-32-62(54)68/h1-42H. The normalized spacial score (nSPS) is 12.0. The third-order valence-electron chi connectivity index (χ3n) is 14.7. The van der Waals surface area contributed by atoms with Crippen LogP contribution in [-0.4, -0.2) is 18.3 Å². The average Bonchev–Trinajstić information content (AvgIpc) is 4.15. The van der Waals surface area contributed by atoms with Crippen LogP contribution in [0, 0.1) is 0 Å². The molecule has 70 heavy (non-hydrogen) atoms. The Balaban J connectivity index is 1.04. The van der Waals surface area contributed by atoms with E-state index in [0.717, 1.165) is 44.9 Å². The number of aromatic nitrogens is 4. The molecule has 15 rings (SSSR count). The zero-order valence-corrected chi connectivity index (χ0v) is 38.0. The van der Waals surface area contributed by atoms with Crippen LogP contribution >= 0.6 is 0 Å². The monoisotopic (exact) mass is 890 g/mol. The van der Waals surface area contributed by atoms with Crippen LogP contribution in [0.1, 0.15) is 0 Å². The van der Waals surface area contributed by atoms with Gasteiger partial charge in [-0.3, -0.25) is 0 Å². The van der Waals surface area contributed by atoms with Gasteiger partial charge in [-0.15, -0.1) is 0 Å². The number of hydrogen-bond acceptors (Lipinski definition) is 0. The minimum absolute atomic E-state index is 1.10. The van der Waals surface area contributed by atoms with Gasteiger partial charge in [0.25, 0.3) is 0 Å². The summed E-state index contributed by atoms with van der Waals surface area (Å²) in [6.07, 6.45) is 0. The van der Waals surface area contributed by atoms with E-state index in [-0.39, 0.29) is 0 Å². The summed E-state index contributed by atoms with van der Waals surface area (Å²) < 4.78 is 9.89. The van der Waals surface area contributed by atoms with Crippen molar-refractivity contribution in [1.82, 2.24) is 18.3 Å². The van der Waals surface area contributed by atoms with Gasteiger partial charge in [-0.05, 0) is 107 Å². The van der Waals surface area contributed by atoms with Gasteiger partial charge in [-0.2, -0.15) is 0 Å². The third kappa shape index (κ3) is 5.71. The second-order valence-corrected chi connectivity index (χ2v) is 18.5. The molecule has 0 spiro atoms. The van der Waals surface area contributed by atoms with Gasteiger partial charge in [0, 0.05) is 65.8 Å². The highest BCUT2D eigenvalue weighted by molar-refractivity contribution is 6.19. The van der Waals surface area contributed by atoms with Crippen molar-refractivity contribution >= 4 is 87.2 Å². The predicted octanol–water partition coefficient (Wildman–Crippen LogP) is 17.4. The van der Waals surface area contributed by atoms with Gasteiger partial charge in [0.15, 0.2) is 0 Å². The molecule has 4 heteroatoms. The molecule has 11 aromatic carbocycles. The lowest BCUT2D eigenvalue weighted by Gasteiger charge is -2.17. The molecule has 0 N–H and O–H groups in total. The Morgan fingerprint density at radius 3 is 0.700 bits per heavy atom. The van der Waals surface area contributed by atoms with Crippen molar-refractivity contribution in [1.29, 1.82) is 0 Å². The molecule has 0 aliphatic rings. The van der Waals surface area contributed by atoms with E-state index in [1.807, 2.05) is 0 Å². The van der Waals surface area contributed by atoms with Gasteiger partial charge in [-0.25, -0.2) is 0 Å². The van der Waals surface area contributed by atoms with Gasteiger partial charge >= 0.3 is 0 Å². The molecule has 0 saturated heterocycles. The first-order valence-corrected chi connectivity index (χ1v) is 24.1. The highest BCUT2D eigenvalue weighted by atomic mass is 15.0. The summed E-state index contributed by atoms with van der Waals surface area (Å²) in [4.78, 5) is 0. The molecule has 0 fully saturated rings. The summed E-state index contributed by atoms with van der Waals surface area (Å²) >= 11 is 0. The maximum Gasteiger partial charge on any atom is 0.0562 e. The maximum absolute atomic E-state index is 2.50. The third-order valence-corrected chi connectivity index (χ3v) is 14.7. The lowest BCUT2D eigenvalue weighted by molar-refractivity contribution is 1.13. The van der Waals surface area contributed by atoms with Crippen molar-refractivity contribution in [3.63, 3.8) is 0 Å². The molecule has 4 aromatic heterocycles. The second kappa shape index (κ2) is 15.1. The van der Waals surface area contributed by atoms with Gasteiger partial charge in [0.05, 0.1) is 44.1 Å². The maximum atomic E-state index is 2.50. The van der Waals surface area contributed by atoms with Crippen LogP contribution in [0.2, 0.25) is 0 Å². The summed E-state index contributed by atoms with van der Waals surface area (Å²) in [7, 11) is 0. The lowest BCUT2D eigenvalue weighted by Crippen LogP contribution is -2.01. The minimum atomic E-state index is 1.10. The summed E-state index contributed by atoms with van der Waals surface area (Å²) in [5.41, 5.74) is 18.5. The van der Waals surface area contributed by atoms with E-state index in [1.165, 1.54) is 87.3 Å². The van der Waals surface area contributed by atoms with E-state index in [4.69, 9.17) is 0 Å². The van der Waals surface area contributed by atoms with Crippen molar-refractivity contribution < 1.29 is 0 Å². The average molecular weight is 891 g/mol. The molecule has 0 unspecified atom stereocenters. The molecule has 0 aliphatic carbocycles. The number of benzene rings is 11. The van der Waals surface area contributed by atoms with Crippen molar-refractivity contribution in [2.75, 3.05) is 0 Å². The fraction of sp³-hybridized carbons (Fsp3) is 0. The van der Waals surface area contributed by atoms with Gasteiger partial charge in [0.2, 0.25) is 0 Å². The number of nitrogens with zero attached hydrogens (tertiary/aromatic N) is 4. The van der Waals surface area contributed by atoms with E-state index in [0.29, 0.717) is 0 Å². The second-order valence-electron chi connectivity index (χ2n) is 18.5. The largest absolute Gasteiger partial charge is 0.309 e. The van der Waals surface area contributed by atoms with Crippen LogP contribution in [0.25, 0.3) is 132 Å². The van der Waals surface area contributed by atoms with Gasteiger partial charge in [0.1, 0.15) is 0 Å². The summed E-state index contributed by atoms with van der Waals surface area (Å²) in [5.74, 6) is 0. The SMILES string of the molecule is c1ccc(-c2cc(-n3c4ccccc4c4ccccc43)cc(-n3c4ccccc4c4cc5c6ccccc6n(-c6cc(-c7ccccc7)cc(-n7c8ccccc8c8ccccc87)c6)c5cc43)c2)cc1. The molecule has 0 amide bonds. The number of rotatable bonds is 6. The Morgan fingerprint density at radius 1 is 0.157 bits per heavy atom. The van der Waals surface area contributed by atoms with Crippen LogP contribution in [0.4, 0.5) is 0 Å². The fourth-order valence-electron chi connectivity index (χ4n) is 11.7. The van der Waals surface area contributed by atoms with Crippen LogP contribution < -0.4 is 0 Å². The molecule has 0 saturated carbocycles. The molecular formula is C66H42N4. The molecule has 15 aromatic rings. The molecule has 4 heterocycles. The minimum Gasteiger partial charge on any atom is -0.309 e. The van der Waals surface area contributed by atoms with E-state index < -0.39 is 0 Å². The molecule has 0 aliphatic heterocycles. The topological polar surface area (TPSA) is 19.7 Å². The van der Waals surface area contributed by atoms with E-state index in [1.54, 1.807) is 0 Å². The summed E-state index contributed by atoms with van der Waals surface area (Å²) in [5, 5.41) is 9.86. The Bertz CT molecular complexity index is 4180. The van der Waals surface area contributed by atoms with E-state index >= 15 is 0 Å². The van der Waals surface area contributed by atoms with Crippen molar-refractivity contribution in [2.24, 2.45) is 0 Å². The van der Waals surface area contributed by atoms with Crippen molar-refractivity contribution in [3.05, 3.63) is 255 Å². The zero-order valence-electron chi connectivity index (χ0n) is 38.0. The Hall–Kier alpha value is -9.38.